The van der Waals surface area contributed by atoms with Crippen molar-refractivity contribution >= 4 is 11.6 Å². The minimum atomic E-state index is -0.355. The molecule has 2 N–H and O–H groups in total. The van der Waals surface area contributed by atoms with E-state index >= 15 is 0 Å². The third-order valence-electron chi connectivity index (χ3n) is 2.89. The summed E-state index contributed by atoms with van der Waals surface area (Å²) in [7, 11) is 1.57. The van der Waals surface area contributed by atoms with Crippen LogP contribution in [-0.4, -0.2) is 7.11 Å². The van der Waals surface area contributed by atoms with Gasteiger partial charge in [0, 0.05) is 28.8 Å². The molecule has 5 heteroatoms. The number of methoxy groups -OCH3 is 1. The van der Waals surface area contributed by atoms with Gasteiger partial charge >= 0.3 is 0 Å². The van der Waals surface area contributed by atoms with Crippen LogP contribution in [0.4, 0.5) is 4.39 Å². The summed E-state index contributed by atoms with van der Waals surface area (Å²) in [5, 5.41) is 0.467. The van der Waals surface area contributed by atoms with Gasteiger partial charge in [-0.05, 0) is 24.3 Å². The van der Waals surface area contributed by atoms with Crippen LogP contribution in [0.15, 0.2) is 36.4 Å². The molecule has 0 aromatic heterocycles. The van der Waals surface area contributed by atoms with E-state index in [9.17, 15) is 4.39 Å². The van der Waals surface area contributed by atoms with Gasteiger partial charge in [0.15, 0.2) is 0 Å². The molecular weight excluding hydrogens is 281 g/mol. The summed E-state index contributed by atoms with van der Waals surface area (Å²) in [5.41, 5.74) is 6.87. The second kappa shape index (κ2) is 6.59. The van der Waals surface area contributed by atoms with Gasteiger partial charge in [0.2, 0.25) is 0 Å². The topological polar surface area (TPSA) is 44.5 Å². The Morgan fingerprint density at radius 3 is 2.65 bits per heavy atom. The molecule has 0 aliphatic carbocycles. The van der Waals surface area contributed by atoms with Crippen molar-refractivity contribution < 1.29 is 13.9 Å². The Balaban J connectivity index is 2.19. The van der Waals surface area contributed by atoms with E-state index in [1.54, 1.807) is 25.3 Å². The Hall–Kier alpha value is -1.78. The molecule has 0 atom stereocenters. The van der Waals surface area contributed by atoms with Crippen molar-refractivity contribution in [3.05, 3.63) is 58.4 Å². The normalized spacial score (nSPS) is 10.4. The number of ether oxygens (including phenoxy) is 2. The molecule has 3 nitrogen and oxygen atoms in total. The highest BCUT2D eigenvalue weighted by Crippen LogP contribution is 2.26. The number of nitrogens with two attached hydrogens (primary N) is 1. The van der Waals surface area contributed by atoms with E-state index in [4.69, 9.17) is 26.8 Å². The van der Waals surface area contributed by atoms with Gasteiger partial charge < -0.3 is 15.2 Å². The van der Waals surface area contributed by atoms with Crippen LogP contribution in [0.2, 0.25) is 5.02 Å². The summed E-state index contributed by atoms with van der Waals surface area (Å²) < 4.78 is 24.4. The maximum absolute atomic E-state index is 13.6. The molecule has 106 valence electrons. The molecule has 0 fully saturated rings. The summed E-state index contributed by atoms with van der Waals surface area (Å²) in [6, 6.07) is 9.70. The van der Waals surface area contributed by atoms with Crippen LogP contribution in [0.1, 0.15) is 11.1 Å². The van der Waals surface area contributed by atoms with E-state index in [1.165, 1.54) is 12.1 Å². The Bertz CT molecular complexity index is 604. The van der Waals surface area contributed by atoms with Crippen molar-refractivity contribution in [3.63, 3.8) is 0 Å². The smallest absolute Gasteiger partial charge is 0.129 e. The first kappa shape index (κ1) is 14.6. The summed E-state index contributed by atoms with van der Waals surface area (Å²) >= 11 is 5.84. The molecule has 2 aromatic carbocycles. The number of benzene rings is 2. The Morgan fingerprint density at radius 1 is 1.15 bits per heavy atom. The van der Waals surface area contributed by atoms with E-state index < -0.39 is 0 Å². The van der Waals surface area contributed by atoms with Gasteiger partial charge in [0.25, 0.3) is 0 Å². The molecule has 0 saturated heterocycles. The molecular formula is C15H15ClFNO2. The fourth-order valence-electron chi connectivity index (χ4n) is 1.77. The molecule has 20 heavy (non-hydrogen) atoms. The molecule has 0 amide bonds. The number of rotatable bonds is 5. The van der Waals surface area contributed by atoms with Gasteiger partial charge in [0.1, 0.15) is 23.9 Å². The third-order valence-corrected chi connectivity index (χ3v) is 3.12. The molecule has 0 aliphatic heterocycles. The van der Waals surface area contributed by atoms with E-state index in [-0.39, 0.29) is 12.4 Å². The average Bonchev–Trinajstić information content (AvgIpc) is 2.47. The third kappa shape index (κ3) is 3.40. The summed E-state index contributed by atoms with van der Waals surface area (Å²) in [4.78, 5) is 0. The second-order valence-corrected chi connectivity index (χ2v) is 4.64. The van der Waals surface area contributed by atoms with Crippen molar-refractivity contribution in [1.82, 2.24) is 0 Å². The SMILES string of the molecule is COc1ccc(CN)c(OCc2cc(Cl)ccc2F)c1. The van der Waals surface area contributed by atoms with Crippen molar-refractivity contribution in [2.75, 3.05) is 7.11 Å². The lowest BCUT2D eigenvalue weighted by Gasteiger charge is -2.12. The zero-order chi connectivity index (χ0) is 14.5. The molecule has 0 heterocycles. The predicted octanol–water partition coefficient (Wildman–Crippen LogP) is 3.53. The molecule has 0 bridgehead atoms. The monoisotopic (exact) mass is 295 g/mol. The Labute approximate surface area is 122 Å². The molecule has 0 radical (unpaired) electrons. The highest BCUT2D eigenvalue weighted by molar-refractivity contribution is 6.30. The second-order valence-electron chi connectivity index (χ2n) is 4.20. The van der Waals surface area contributed by atoms with E-state index in [2.05, 4.69) is 0 Å². The van der Waals surface area contributed by atoms with Crippen LogP contribution in [0.3, 0.4) is 0 Å². The molecule has 0 saturated carbocycles. The minimum absolute atomic E-state index is 0.0760. The summed E-state index contributed by atoms with van der Waals surface area (Å²) in [6.45, 7) is 0.407. The van der Waals surface area contributed by atoms with Gasteiger partial charge in [-0.15, -0.1) is 0 Å². The highest BCUT2D eigenvalue weighted by atomic mass is 35.5. The van der Waals surface area contributed by atoms with Crippen molar-refractivity contribution in [2.45, 2.75) is 13.2 Å². The standard InChI is InChI=1S/C15H15ClFNO2/c1-19-13-4-2-10(8-18)15(7-13)20-9-11-6-12(16)3-5-14(11)17/h2-7H,8-9,18H2,1H3. The maximum atomic E-state index is 13.6. The fraction of sp³-hybridized carbons (Fsp3) is 0.200. The van der Waals surface area contributed by atoms with Crippen molar-refractivity contribution in [1.29, 1.82) is 0 Å². The maximum Gasteiger partial charge on any atom is 0.129 e. The van der Waals surface area contributed by atoms with Gasteiger partial charge in [-0.1, -0.05) is 17.7 Å². The largest absolute Gasteiger partial charge is 0.497 e. The van der Waals surface area contributed by atoms with Crippen LogP contribution in [0.25, 0.3) is 0 Å². The quantitative estimate of drug-likeness (QED) is 0.918. The number of halogens is 2. The molecule has 0 aliphatic rings. The average molecular weight is 296 g/mol. The van der Waals surface area contributed by atoms with Crippen LogP contribution in [0.5, 0.6) is 11.5 Å². The van der Waals surface area contributed by atoms with Crippen molar-refractivity contribution in [3.8, 4) is 11.5 Å². The first-order chi connectivity index (χ1) is 9.63. The van der Waals surface area contributed by atoms with Gasteiger partial charge in [-0.2, -0.15) is 0 Å². The number of hydrogen-bond donors (Lipinski definition) is 1. The summed E-state index contributed by atoms with van der Waals surface area (Å²) in [5.74, 6) is 0.876. The lowest BCUT2D eigenvalue weighted by atomic mass is 10.2. The molecule has 0 spiro atoms. The van der Waals surface area contributed by atoms with Gasteiger partial charge in [0.05, 0.1) is 7.11 Å². The number of hydrogen-bond acceptors (Lipinski definition) is 3. The Kier molecular flexibility index (Phi) is 4.82. The van der Waals surface area contributed by atoms with E-state index in [0.29, 0.717) is 28.6 Å². The van der Waals surface area contributed by atoms with Crippen LogP contribution < -0.4 is 15.2 Å². The first-order valence-corrected chi connectivity index (χ1v) is 6.45. The van der Waals surface area contributed by atoms with E-state index in [0.717, 1.165) is 5.56 Å². The van der Waals surface area contributed by atoms with Crippen molar-refractivity contribution in [2.24, 2.45) is 5.73 Å². The van der Waals surface area contributed by atoms with Crippen LogP contribution in [-0.2, 0) is 13.2 Å². The molecule has 0 unspecified atom stereocenters. The molecule has 2 aromatic rings. The lowest BCUT2D eigenvalue weighted by molar-refractivity contribution is 0.294. The predicted molar refractivity (Wildman–Crippen MR) is 76.6 cm³/mol. The summed E-state index contributed by atoms with van der Waals surface area (Å²) in [6.07, 6.45) is 0. The first-order valence-electron chi connectivity index (χ1n) is 6.07. The lowest BCUT2D eigenvalue weighted by Crippen LogP contribution is -2.04. The van der Waals surface area contributed by atoms with Gasteiger partial charge in [-0.3, -0.25) is 0 Å². The van der Waals surface area contributed by atoms with Crippen LogP contribution >= 0.6 is 11.6 Å². The highest BCUT2D eigenvalue weighted by Gasteiger charge is 2.08. The van der Waals surface area contributed by atoms with Gasteiger partial charge in [-0.25, -0.2) is 4.39 Å². The minimum Gasteiger partial charge on any atom is -0.497 e. The van der Waals surface area contributed by atoms with Crippen LogP contribution in [0, 0.1) is 5.82 Å². The molecule has 2 rings (SSSR count). The zero-order valence-corrected chi connectivity index (χ0v) is 11.8. The fourth-order valence-corrected chi connectivity index (χ4v) is 1.97. The zero-order valence-electron chi connectivity index (χ0n) is 11.0. The van der Waals surface area contributed by atoms with E-state index in [1.807, 2.05) is 6.07 Å². The Morgan fingerprint density at radius 2 is 1.95 bits per heavy atom.